The van der Waals surface area contributed by atoms with Gasteiger partial charge >= 0.3 is 6.09 Å². The normalized spacial score (nSPS) is 18.3. The van der Waals surface area contributed by atoms with E-state index >= 15 is 0 Å². The highest BCUT2D eigenvalue weighted by atomic mass is 16.6. The number of ketones is 1. The van der Waals surface area contributed by atoms with Crippen LogP contribution in [0.1, 0.15) is 54.4 Å². The summed E-state index contributed by atoms with van der Waals surface area (Å²) in [6.45, 7) is 12.7. The zero-order chi connectivity index (χ0) is 14.8. The molecule has 0 bridgehead atoms. The van der Waals surface area contributed by atoms with Crippen molar-refractivity contribution in [3.8, 4) is 0 Å². The van der Waals surface area contributed by atoms with Crippen molar-refractivity contribution in [2.75, 3.05) is 13.1 Å². The SMILES string of the molecule is CC(C)(C)OC(=O)N1CCC(C(=O)C(C)(C)C)CC1. The van der Waals surface area contributed by atoms with E-state index in [1.54, 1.807) is 4.90 Å². The van der Waals surface area contributed by atoms with Crippen LogP contribution < -0.4 is 0 Å². The molecule has 1 aliphatic rings. The van der Waals surface area contributed by atoms with Crippen molar-refractivity contribution in [3.05, 3.63) is 0 Å². The fourth-order valence-corrected chi connectivity index (χ4v) is 2.26. The largest absolute Gasteiger partial charge is 0.444 e. The zero-order valence-electron chi connectivity index (χ0n) is 13.1. The summed E-state index contributed by atoms with van der Waals surface area (Å²) in [5, 5.41) is 0. The van der Waals surface area contributed by atoms with Crippen molar-refractivity contribution in [1.29, 1.82) is 0 Å². The Morgan fingerprint density at radius 3 is 1.84 bits per heavy atom. The molecule has 110 valence electrons. The third-order valence-corrected chi connectivity index (χ3v) is 3.26. The molecule has 0 aliphatic carbocycles. The van der Waals surface area contributed by atoms with Gasteiger partial charge in [0.1, 0.15) is 11.4 Å². The van der Waals surface area contributed by atoms with Crippen LogP contribution in [0, 0.1) is 11.3 Å². The van der Waals surface area contributed by atoms with Gasteiger partial charge in [0.05, 0.1) is 0 Å². The maximum Gasteiger partial charge on any atom is 0.410 e. The van der Waals surface area contributed by atoms with Gasteiger partial charge in [-0.2, -0.15) is 0 Å². The molecule has 0 spiro atoms. The Hall–Kier alpha value is -1.06. The number of amides is 1. The summed E-state index contributed by atoms with van der Waals surface area (Å²) in [6.07, 6.45) is 1.22. The molecule has 1 saturated heterocycles. The number of piperidine rings is 1. The van der Waals surface area contributed by atoms with Gasteiger partial charge in [0.25, 0.3) is 0 Å². The average molecular weight is 269 g/mol. The van der Waals surface area contributed by atoms with Crippen LogP contribution in [0.3, 0.4) is 0 Å². The molecule has 1 amide bonds. The first-order valence-electron chi connectivity index (χ1n) is 7.03. The van der Waals surface area contributed by atoms with Gasteiger partial charge < -0.3 is 9.64 Å². The summed E-state index contributed by atoms with van der Waals surface area (Å²) in [6, 6.07) is 0. The van der Waals surface area contributed by atoms with E-state index in [-0.39, 0.29) is 17.4 Å². The molecular weight excluding hydrogens is 242 g/mol. The molecular formula is C15H27NO3. The second-order valence-electron chi connectivity index (χ2n) is 7.36. The van der Waals surface area contributed by atoms with Gasteiger partial charge in [-0.15, -0.1) is 0 Å². The van der Waals surface area contributed by atoms with Crippen molar-refractivity contribution >= 4 is 11.9 Å². The van der Waals surface area contributed by atoms with Crippen LogP contribution in [0.15, 0.2) is 0 Å². The highest BCUT2D eigenvalue weighted by Gasteiger charge is 2.34. The van der Waals surface area contributed by atoms with Gasteiger partial charge in [-0.1, -0.05) is 20.8 Å². The molecule has 0 radical (unpaired) electrons. The lowest BCUT2D eigenvalue weighted by Crippen LogP contribution is -2.44. The van der Waals surface area contributed by atoms with Gasteiger partial charge in [-0.05, 0) is 33.6 Å². The van der Waals surface area contributed by atoms with E-state index in [1.807, 2.05) is 41.5 Å². The molecule has 4 heteroatoms. The third kappa shape index (κ3) is 4.84. The molecule has 0 saturated carbocycles. The molecule has 0 atom stereocenters. The summed E-state index contributed by atoms with van der Waals surface area (Å²) in [5.41, 5.74) is -0.756. The molecule has 1 aliphatic heterocycles. The number of hydrogen-bond acceptors (Lipinski definition) is 3. The second kappa shape index (κ2) is 5.51. The number of nitrogens with zero attached hydrogens (tertiary/aromatic N) is 1. The molecule has 1 heterocycles. The van der Waals surface area contributed by atoms with Gasteiger partial charge in [-0.25, -0.2) is 4.79 Å². The first kappa shape index (κ1) is 16.0. The van der Waals surface area contributed by atoms with Gasteiger partial charge in [0.15, 0.2) is 0 Å². The molecule has 19 heavy (non-hydrogen) atoms. The van der Waals surface area contributed by atoms with E-state index in [2.05, 4.69) is 0 Å². The molecule has 0 aromatic rings. The average Bonchev–Trinajstić information content (AvgIpc) is 2.24. The molecule has 0 unspecified atom stereocenters. The second-order valence-corrected chi connectivity index (χ2v) is 7.36. The number of ether oxygens (including phenoxy) is 1. The highest BCUT2D eigenvalue weighted by Crippen LogP contribution is 2.28. The molecule has 1 fully saturated rings. The van der Waals surface area contributed by atoms with Crippen molar-refractivity contribution in [1.82, 2.24) is 4.90 Å². The Bertz CT molecular complexity index is 341. The van der Waals surface area contributed by atoms with E-state index in [1.165, 1.54) is 0 Å². The first-order chi connectivity index (χ1) is 8.50. The summed E-state index contributed by atoms with van der Waals surface area (Å²) < 4.78 is 5.34. The fraction of sp³-hybridized carbons (Fsp3) is 0.867. The van der Waals surface area contributed by atoms with Crippen LogP contribution in [0.25, 0.3) is 0 Å². The number of rotatable bonds is 1. The Labute approximate surface area is 116 Å². The highest BCUT2D eigenvalue weighted by molar-refractivity contribution is 5.86. The van der Waals surface area contributed by atoms with Crippen LogP contribution >= 0.6 is 0 Å². The Balaban J connectivity index is 2.50. The summed E-state index contributed by atoms with van der Waals surface area (Å²) in [7, 11) is 0. The smallest absolute Gasteiger partial charge is 0.410 e. The van der Waals surface area contributed by atoms with E-state index in [9.17, 15) is 9.59 Å². The lowest BCUT2D eigenvalue weighted by molar-refractivity contribution is -0.131. The van der Waals surface area contributed by atoms with Crippen molar-refractivity contribution < 1.29 is 14.3 Å². The molecule has 0 N–H and O–H groups in total. The Morgan fingerprint density at radius 2 is 1.47 bits per heavy atom. The quantitative estimate of drug-likeness (QED) is 0.734. The lowest BCUT2D eigenvalue weighted by Gasteiger charge is -2.34. The first-order valence-corrected chi connectivity index (χ1v) is 7.03. The summed E-state index contributed by atoms with van der Waals surface area (Å²) >= 11 is 0. The monoisotopic (exact) mass is 269 g/mol. The van der Waals surface area contributed by atoms with Gasteiger partial charge in [0, 0.05) is 24.4 Å². The Kier molecular flexibility index (Phi) is 4.64. The third-order valence-electron chi connectivity index (χ3n) is 3.26. The maximum absolute atomic E-state index is 12.2. The van der Waals surface area contributed by atoms with E-state index in [4.69, 9.17) is 4.74 Å². The fourth-order valence-electron chi connectivity index (χ4n) is 2.26. The minimum Gasteiger partial charge on any atom is -0.444 e. The van der Waals surface area contributed by atoms with Gasteiger partial charge in [-0.3, -0.25) is 4.79 Å². The topological polar surface area (TPSA) is 46.6 Å². The van der Waals surface area contributed by atoms with E-state index < -0.39 is 5.60 Å². The van der Waals surface area contributed by atoms with E-state index in [0.29, 0.717) is 18.9 Å². The number of likely N-dealkylation sites (tertiary alicyclic amines) is 1. The standard InChI is InChI=1S/C15H27NO3/c1-14(2,3)12(17)11-7-9-16(10-8-11)13(18)19-15(4,5)6/h11H,7-10H2,1-6H3. The Morgan fingerprint density at radius 1 is 1.00 bits per heavy atom. The number of carbonyl (C=O) groups is 2. The predicted molar refractivity (Wildman–Crippen MR) is 75.0 cm³/mol. The molecule has 1 rings (SSSR count). The minimum atomic E-state index is -0.463. The van der Waals surface area contributed by atoms with Crippen molar-refractivity contribution in [3.63, 3.8) is 0 Å². The summed E-state index contributed by atoms with van der Waals surface area (Å²) in [5.74, 6) is 0.384. The van der Waals surface area contributed by atoms with Crippen molar-refractivity contribution in [2.24, 2.45) is 11.3 Å². The van der Waals surface area contributed by atoms with Crippen LogP contribution in [0.5, 0.6) is 0 Å². The van der Waals surface area contributed by atoms with Crippen molar-refractivity contribution in [2.45, 2.75) is 60.0 Å². The number of Topliss-reactive ketones (excluding diaryl/α,β-unsaturated/α-hetero) is 1. The van der Waals surface area contributed by atoms with Gasteiger partial charge in [0.2, 0.25) is 0 Å². The maximum atomic E-state index is 12.2. The van der Waals surface area contributed by atoms with Crippen LogP contribution in [-0.4, -0.2) is 35.5 Å². The minimum absolute atomic E-state index is 0.0821. The predicted octanol–water partition coefficient (Wildman–Crippen LogP) is 3.25. The number of hydrogen-bond donors (Lipinski definition) is 0. The zero-order valence-corrected chi connectivity index (χ0v) is 13.1. The molecule has 0 aromatic heterocycles. The van der Waals surface area contributed by atoms with Crippen LogP contribution in [-0.2, 0) is 9.53 Å². The molecule has 4 nitrogen and oxygen atoms in total. The summed E-state index contributed by atoms with van der Waals surface area (Å²) in [4.78, 5) is 25.8. The van der Waals surface area contributed by atoms with Crippen LogP contribution in [0.4, 0.5) is 4.79 Å². The van der Waals surface area contributed by atoms with Crippen LogP contribution in [0.2, 0.25) is 0 Å². The van der Waals surface area contributed by atoms with E-state index in [0.717, 1.165) is 12.8 Å². The lowest BCUT2D eigenvalue weighted by atomic mass is 9.79. The number of carbonyl (C=O) groups excluding carboxylic acids is 2. The molecule has 0 aromatic carbocycles.